The zero-order valence-corrected chi connectivity index (χ0v) is 13.2. The molecule has 0 saturated carbocycles. The third kappa shape index (κ3) is 4.37. The molecule has 0 aliphatic carbocycles. The van der Waals surface area contributed by atoms with Crippen LogP contribution in [0, 0.1) is 11.8 Å². The second-order valence-electron chi connectivity index (χ2n) is 6.36. The fourth-order valence-electron chi connectivity index (χ4n) is 2.79. The number of urea groups is 1. The fourth-order valence-corrected chi connectivity index (χ4v) is 2.79. The summed E-state index contributed by atoms with van der Waals surface area (Å²) in [6, 6.07) is 0.182. The Hall–Kier alpha value is -1.30. The molecule has 0 radical (unpaired) electrons. The number of hydrogen-bond acceptors (Lipinski definition) is 3. The second kappa shape index (κ2) is 6.92. The summed E-state index contributed by atoms with van der Waals surface area (Å²) in [5.41, 5.74) is 0. The molecule has 6 heteroatoms. The Morgan fingerprint density at radius 1 is 1.30 bits per heavy atom. The standard InChI is InChI=1S/C14H27N3O3/c1-10(2)6-16(9-13(18)19)14(20)17-7-11(3)12(8-17)15(4)5/h10-12H,6-9H2,1-5H3,(H,18,19). The first-order chi connectivity index (χ1) is 9.22. The topological polar surface area (TPSA) is 64.1 Å². The summed E-state index contributed by atoms with van der Waals surface area (Å²) in [6.45, 7) is 7.70. The lowest BCUT2D eigenvalue weighted by Gasteiger charge is -2.28. The molecule has 1 aliphatic heterocycles. The lowest BCUT2D eigenvalue weighted by Crippen LogP contribution is -2.46. The average Bonchev–Trinajstić information content (AvgIpc) is 2.68. The Kier molecular flexibility index (Phi) is 5.80. The van der Waals surface area contributed by atoms with E-state index in [1.807, 2.05) is 27.9 Å². The van der Waals surface area contributed by atoms with Gasteiger partial charge >= 0.3 is 12.0 Å². The molecule has 2 amide bonds. The first kappa shape index (κ1) is 16.8. The summed E-state index contributed by atoms with van der Waals surface area (Å²) in [6.07, 6.45) is 0. The van der Waals surface area contributed by atoms with E-state index in [2.05, 4.69) is 11.8 Å². The van der Waals surface area contributed by atoms with E-state index < -0.39 is 5.97 Å². The molecule has 20 heavy (non-hydrogen) atoms. The minimum absolute atomic E-state index is 0.155. The van der Waals surface area contributed by atoms with Gasteiger partial charge in [0.1, 0.15) is 6.54 Å². The number of carboxylic acids is 1. The molecule has 2 unspecified atom stereocenters. The molecule has 2 atom stereocenters. The van der Waals surface area contributed by atoms with Gasteiger partial charge in [0.2, 0.25) is 0 Å². The number of nitrogens with zero attached hydrogens (tertiary/aromatic N) is 3. The Bertz CT molecular complexity index is 358. The van der Waals surface area contributed by atoms with Crippen LogP contribution < -0.4 is 0 Å². The Labute approximate surface area is 121 Å². The van der Waals surface area contributed by atoms with Crippen LogP contribution in [0.15, 0.2) is 0 Å². The number of likely N-dealkylation sites (tertiary alicyclic amines) is 1. The maximum atomic E-state index is 12.5. The molecule has 1 saturated heterocycles. The number of carboxylic acid groups (broad SMARTS) is 1. The zero-order valence-electron chi connectivity index (χ0n) is 13.2. The number of aliphatic carboxylic acids is 1. The number of carbonyl (C=O) groups excluding carboxylic acids is 1. The van der Waals surface area contributed by atoms with Gasteiger partial charge in [0, 0.05) is 25.7 Å². The number of likely N-dealkylation sites (N-methyl/N-ethyl adjacent to an activating group) is 1. The molecule has 1 N–H and O–H groups in total. The summed E-state index contributed by atoms with van der Waals surface area (Å²) in [5, 5.41) is 8.96. The molecule has 0 spiro atoms. The molecule has 0 bridgehead atoms. The largest absolute Gasteiger partial charge is 0.480 e. The third-order valence-electron chi connectivity index (χ3n) is 3.69. The van der Waals surface area contributed by atoms with Crippen LogP contribution in [-0.2, 0) is 4.79 Å². The van der Waals surface area contributed by atoms with Gasteiger partial charge in [-0.2, -0.15) is 0 Å². The van der Waals surface area contributed by atoms with Crippen molar-refractivity contribution >= 4 is 12.0 Å². The quantitative estimate of drug-likeness (QED) is 0.819. The van der Waals surface area contributed by atoms with E-state index in [0.29, 0.717) is 31.6 Å². The van der Waals surface area contributed by atoms with Crippen LogP contribution >= 0.6 is 0 Å². The Morgan fingerprint density at radius 3 is 2.30 bits per heavy atom. The van der Waals surface area contributed by atoms with Crippen LogP contribution in [0.3, 0.4) is 0 Å². The summed E-state index contributed by atoms with van der Waals surface area (Å²) in [5.74, 6) is -0.307. The monoisotopic (exact) mass is 285 g/mol. The van der Waals surface area contributed by atoms with Crippen molar-refractivity contribution in [2.75, 3.05) is 40.3 Å². The molecule has 0 aromatic heterocycles. The van der Waals surface area contributed by atoms with Crippen LogP contribution in [0.5, 0.6) is 0 Å². The average molecular weight is 285 g/mol. The van der Waals surface area contributed by atoms with Gasteiger partial charge in [-0.3, -0.25) is 4.79 Å². The summed E-state index contributed by atoms with van der Waals surface area (Å²) in [4.78, 5) is 28.8. The van der Waals surface area contributed by atoms with Gasteiger partial charge in [0.15, 0.2) is 0 Å². The number of hydrogen-bond donors (Lipinski definition) is 1. The number of rotatable bonds is 5. The molecular formula is C14H27N3O3. The van der Waals surface area contributed by atoms with Crippen molar-refractivity contribution < 1.29 is 14.7 Å². The summed E-state index contributed by atoms with van der Waals surface area (Å²) >= 11 is 0. The normalized spacial score (nSPS) is 22.6. The minimum atomic E-state index is -0.963. The lowest BCUT2D eigenvalue weighted by molar-refractivity contribution is -0.137. The highest BCUT2D eigenvalue weighted by atomic mass is 16.4. The first-order valence-electron chi connectivity index (χ1n) is 7.14. The lowest BCUT2D eigenvalue weighted by atomic mass is 10.1. The van der Waals surface area contributed by atoms with Crippen molar-refractivity contribution in [3.8, 4) is 0 Å². The molecule has 1 heterocycles. The number of carbonyl (C=O) groups is 2. The van der Waals surface area contributed by atoms with Crippen LogP contribution in [-0.4, -0.2) is 78.1 Å². The highest BCUT2D eigenvalue weighted by molar-refractivity contribution is 5.80. The smallest absolute Gasteiger partial charge is 0.323 e. The second-order valence-corrected chi connectivity index (χ2v) is 6.36. The third-order valence-corrected chi connectivity index (χ3v) is 3.69. The van der Waals surface area contributed by atoms with Crippen LogP contribution in [0.25, 0.3) is 0 Å². The summed E-state index contributed by atoms with van der Waals surface area (Å²) < 4.78 is 0. The van der Waals surface area contributed by atoms with Crippen LogP contribution in [0.1, 0.15) is 20.8 Å². The van der Waals surface area contributed by atoms with Crippen molar-refractivity contribution in [1.82, 2.24) is 14.7 Å². The number of amides is 2. The maximum Gasteiger partial charge on any atom is 0.323 e. The zero-order chi connectivity index (χ0) is 15.4. The van der Waals surface area contributed by atoms with Crippen LogP contribution in [0.4, 0.5) is 4.79 Å². The predicted octanol–water partition coefficient (Wildman–Crippen LogP) is 1.03. The molecule has 0 aromatic rings. The van der Waals surface area contributed by atoms with Crippen molar-refractivity contribution in [3.05, 3.63) is 0 Å². The van der Waals surface area contributed by atoms with E-state index >= 15 is 0 Å². The van der Waals surface area contributed by atoms with Crippen molar-refractivity contribution in [2.45, 2.75) is 26.8 Å². The van der Waals surface area contributed by atoms with Gasteiger partial charge in [-0.05, 0) is 25.9 Å². The van der Waals surface area contributed by atoms with Gasteiger partial charge < -0.3 is 19.8 Å². The highest BCUT2D eigenvalue weighted by Gasteiger charge is 2.35. The van der Waals surface area contributed by atoms with Gasteiger partial charge in [0.05, 0.1) is 0 Å². The first-order valence-corrected chi connectivity index (χ1v) is 7.14. The van der Waals surface area contributed by atoms with E-state index in [4.69, 9.17) is 5.11 Å². The van der Waals surface area contributed by atoms with Gasteiger partial charge in [-0.1, -0.05) is 20.8 Å². The van der Waals surface area contributed by atoms with Crippen molar-refractivity contribution in [3.63, 3.8) is 0 Å². The SMILES string of the molecule is CC(C)CN(CC(=O)O)C(=O)N1CC(C)C(N(C)C)C1. The summed E-state index contributed by atoms with van der Waals surface area (Å²) in [7, 11) is 4.02. The highest BCUT2D eigenvalue weighted by Crippen LogP contribution is 2.21. The van der Waals surface area contributed by atoms with Gasteiger partial charge in [0.25, 0.3) is 0 Å². The van der Waals surface area contributed by atoms with Crippen LogP contribution in [0.2, 0.25) is 0 Å². The van der Waals surface area contributed by atoms with Crippen molar-refractivity contribution in [1.29, 1.82) is 0 Å². The predicted molar refractivity (Wildman–Crippen MR) is 77.7 cm³/mol. The van der Waals surface area contributed by atoms with E-state index in [0.717, 1.165) is 0 Å². The Morgan fingerprint density at radius 2 is 1.90 bits per heavy atom. The molecule has 1 fully saturated rings. The van der Waals surface area contributed by atoms with E-state index in [9.17, 15) is 9.59 Å². The molecule has 1 rings (SSSR count). The molecular weight excluding hydrogens is 258 g/mol. The fraction of sp³-hybridized carbons (Fsp3) is 0.857. The molecule has 1 aliphatic rings. The maximum absolute atomic E-state index is 12.5. The molecule has 0 aromatic carbocycles. The minimum Gasteiger partial charge on any atom is -0.480 e. The van der Waals surface area contributed by atoms with E-state index in [1.165, 1.54) is 4.90 Å². The molecule has 6 nitrogen and oxygen atoms in total. The Balaban J connectivity index is 2.72. The van der Waals surface area contributed by atoms with Gasteiger partial charge in [-0.15, -0.1) is 0 Å². The van der Waals surface area contributed by atoms with Gasteiger partial charge in [-0.25, -0.2) is 4.79 Å². The van der Waals surface area contributed by atoms with Crippen molar-refractivity contribution in [2.24, 2.45) is 11.8 Å². The molecule has 116 valence electrons. The van der Waals surface area contributed by atoms with E-state index in [1.54, 1.807) is 4.90 Å². The van der Waals surface area contributed by atoms with E-state index in [-0.39, 0.29) is 18.5 Å².